The zero-order chi connectivity index (χ0) is 87.1. The Morgan fingerprint density at radius 1 is 0.129 bits per heavy atom. The lowest BCUT2D eigenvalue weighted by Crippen LogP contribution is -1.97. The second kappa shape index (κ2) is 32.3. The van der Waals surface area contributed by atoms with Crippen molar-refractivity contribution in [2.45, 2.75) is 0 Å². The highest BCUT2D eigenvalue weighted by atomic mass is 15.0. The minimum Gasteiger partial charge on any atom is -0.309 e. The van der Waals surface area contributed by atoms with Crippen molar-refractivity contribution < 1.29 is 0 Å². The Bertz CT molecular complexity index is 8970. The van der Waals surface area contributed by atoms with Gasteiger partial charge in [-0.3, -0.25) is 9.97 Å². The van der Waals surface area contributed by atoms with Crippen LogP contribution in [0.2, 0.25) is 0 Å². The van der Waals surface area contributed by atoms with E-state index in [1.165, 1.54) is 148 Å². The first-order valence-electron chi connectivity index (χ1n) is 45.0. The summed E-state index contributed by atoms with van der Waals surface area (Å²) in [6, 6.07) is 171. The summed E-state index contributed by atoms with van der Waals surface area (Å²) in [7, 11) is 0. The first kappa shape index (κ1) is 76.6. The maximum absolute atomic E-state index is 5.17. The molecule has 0 aliphatic heterocycles. The summed E-state index contributed by atoms with van der Waals surface area (Å²) in [5.74, 6) is 0. The number of para-hydroxylation sites is 9. The molecule has 0 N–H and O–H groups in total. The average molecular weight is 1690 g/mol. The Labute approximate surface area is 761 Å². The van der Waals surface area contributed by atoms with Crippen LogP contribution in [-0.4, -0.2) is 42.4 Å². The molecule has 9 aromatic heterocycles. The predicted molar refractivity (Wildman–Crippen MR) is 551 cm³/mol. The molecule has 27 aromatic rings. The van der Waals surface area contributed by atoms with Gasteiger partial charge in [-0.2, -0.15) is 0 Å². The largest absolute Gasteiger partial charge is 0.309 e. The second-order valence-electron chi connectivity index (χ2n) is 33.7. The van der Waals surface area contributed by atoms with Crippen molar-refractivity contribution in [1.29, 1.82) is 0 Å². The number of nitrogens with zero attached hydrogens (tertiary/aromatic N) is 9. The summed E-state index contributed by atoms with van der Waals surface area (Å²) in [6.07, 6.45) is 3.71. The van der Waals surface area contributed by atoms with Gasteiger partial charge in [0.05, 0.1) is 89.0 Å². The first-order chi connectivity index (χ1) is 65.5. The molecule has 0 atom stereocenters. The van der Waals surface area contributed by atoms with Crippen LogP contribution in [-0.2, 0) is 0 Å². The number of fused-ring (bicyclic) bond motifs is 21. The highest BCUT2D eigenvalue weighted by Crippen LogP contribution is 2.48. The minimum absolute atomic E-state index is 0.953. The lowest BCUT2D eigenvalue weighted by Gasteiger charge is -2.14. The molecule has 0 saturated carbocycles. The van der Waals surface area contributed by atoms with E-state index in [0.717, 1.165) is 84.6 Å². The molecular weight excluding hydrogens is 1600 g/mol. The predicted octanol–water partition coefficient (Wildman–Crippen LogP) is 31.8. The Hall–Kier alpha value is -17.8. The molecule has 0 spiro atoms. The van der Waals surface area contributed by atoms with E-state index in [1.807, 2.05) is 36.7 Å². The van der Waals surface area contributed by atoms with E-state index in [4.69, 9.17) is 9.97 Å². The van der Waals surface area contributed by atoms with Gasteiger partial charge < -0.3 is 27.4 Å². The zero-order valence-electron chi connectivity index (χ0n) is 71.8. The second-order valence-corrected chi connectivity index (χ2v) is 33.7. The van der Waals surface area contributed by atoms with Crippen molar-refractivity contribution in [2.24, 2.45) is 0 Å². The SMILES string of the molecule is c1ccc(-c2cc(-c3ccccc3)nc(-c3ccc(-n4c5ccccc5c5c6c7ccccc7n(-c7ccccc7)c6ccc54)cc3)c2)cc1.c1ccc(-c2cc(-c3ccccn3)cc(-n3c4ccccc4c4c5c6ccccc6n(-c6ccccc6)c5ccc43)c2)cc1.c1ccc(-n2c3ccccc3c3c4c5ccccc5n(-c5cccc(-c6ccccn6)c5)c4ccc32)cc1. The van der Waals surface area contributed by atoms with Gasteiger partial charge in [-0.15, -0.1) is 0 Å². The molecule has 18 aromatic carbocycles. The number of benzene rings is 18. The van der Waals surface area contributed by atoms with Crippen LogP contribution in [0.4, 0.5) is 0 Å². The van der Waals surface area contributed by atoms with Gasteiger partial charge in [-0.25, -0.2) is 4.98 Å². The van der Waals surface area contributed by atoms with E-state index in [1.54, 1.807) is 0 Å². The van der Waals surface area contributed by atoms with Gasteiger partial charge >= 0.3 is 0 Å². The Morgan fingerprint density at radius 2 is 0.379 bits per heavy atom. The van der Waals surface area contributed by atoms with E-state index < -0.39 is 0 Å². The number of hydrogen-bond donors (Lipinski definition) is 0. The third kappa shape index (κ3) is 13.0. The van der Waals surface area contributed by atoms with Gasteiger partial charge in [-0.1, -0.05) is 291 Å². The Balaban J connectivity index is 0.000000107. The summed E-state index contributed by atoms with van der Waals surface area (Å²) in [5, 5.41) is 15.2. The fourth-order valence-corrected chi connectivity index (χ4v) is 20.5. The van der Waals surface area contributed by atoms with Gasteiger partial charge in [0, 0.05) is 133 Å². The van der Waals surface area contributed by atoms with E-state index in [9.17, 15) is 0 Å². The van der Waals surface area contributed by atoms with Crippen molar-refractivity contribution in [1.82, 2.24) is 42.4 Å². The van der Waals surface area contributed by atoms with E-state index in [2.05, 4.69) is 487 Å². The molecule has 618 valence electrons. The van der Waals surface area contributed by atoms with Gasteiger partial charge in [0.25, 0.3) is 0 Å². The summed E-state index contributed by atoms with van der Waals surface area (Å²) in [5.41, 5.74) is 34.2. The number of hydrogen-bond acceptors (Lipinski definition) is 3. The molecule has 27 rings (SSSR count). The third-order valence-corrected chi connectivity index (χ3v) is 26.2. The van der Waals surface area contributed by atoms with Crippen LogP contribution < -0.4 is 0 Å². The summed E-state index contributed by atoms with van der Waals surface area (Å²) in [4.78, 5) is 14.5. The van der Waals surface area contributed by atoms with E-state index in [-0.39, 0.29) is 0 Å². The highest BCUT2D eigenvalue weighted by molar-refractivity contribution is 6.32. The Kier molecular flexibility index (Phi) is 18.7. The van der Waals surface area contributed by atoms with E-state index in [0.29, 0.717) is 0 Å². The highest BCUT2D eigenvalue weighted by Gasteiger charge is 2.26. The molecule has 0 fully saturated rings. The van der Waals surface area contributed by atoms with Gasteiger partial charge in [0.15, 0.2) is 0 Å². The summed E-state index contributed by atoms with van der Waals surface area (Å²) >= 11 is 0. The lowest BCUT2D eigenvalue weighted by atomic mass is 10.00. The molecule has 0 amide bonds. The standard InChI is InChI=1S/C47H31N3.C41H27N3.C35H23N3/c1-4-14-32(15-5-1)35-30-40(33-16-6-2-7-17-33)48-41(31-35)34-24-26-37(27-25-34)50-43-23-13-11-21-39(43)47-45(50)29-28-44-46(47)38-20-10-12-22-42(38)49(44)36-18-8-3-9-19-36;1-3-13-28(14-4-1)29-25-30(35-19-11-12-24-42-35)27-32(26-29)44-37-21-10-8-18-34(37)41-39(44)23-22-38-40(41)33-17-7-9-20-36(33)43(38)31-15-5-2-6-16-31;1-2-12-25(13-3-1)37-30-18-6-4-15-27(30)34-32(37)20-21-33-35(34)28-16-5-7-19-31(28)38(33)26-14-10-11-24(23-26)29-17-8-9-22-36-29/h1-31H;1-27H;1-23H. The molecule has 0 bridgehead atoms. The first-order valence-corrected chi connectivity index (χ1v) is 45.0. The molecule has 0 unspecified atom stereocenters. The van der Waals surface area contributed by atoms with Crippen molar-refractivity contribution in [3.05, 3.63) is 492 Å². The molecule has 9 nitrogen and oxygen atoms in total. The molecule has 0 aliphatic rings. The van der Waals surface area contributed by atoms with Crippen LogP contribution in [0.3, 0.4) is 0 Å². The minimum atomic E-state index is 0.953. The zero-order valence-corrected chi connectivity index (χ0v) is 71.8. The maximum atomic E-state index is 5.17. The third-order valence-electron chi connectivity index (χ3n) is 26.2. The number of aromatic nitrogens is 9. The lowest BCUT2D eigenvalue weighted by molar-refractivity contribution is 1.17. The van der Waals surface area contributed by atoms with Crippen molar-refractivity contribution >= 4 is 131 Å². The average Bonchev–Trinajstić information content (AvgIpc) is 1.56. The quantitative estimate of drug-likeness (QED) is 0.122. The van der Waals surface area contributed by atoms with Crippen LogP contribution in [0.15, 0.2) is 492 Å². The molecule has 132 heavy (non-hydrogen) atoms. The smallest absolute Gasteiger partial charge is 0.0715 e. The molecule has 0 saturated heterocycles. The molecule has 9 heteroatoms. The van der Waals surface area contributed by atoms with Crippen LogP contribution in [0.1, 0.15) is 0 Å². The Morgan fingerprint density at radius 3 is 0.727 bits per heavy atom. The van der Waals surface area contributed by atoms with Gasteiger partial charge in [-0.05, 0) is 210 Å². The van der Waals surface area contributed by atoms with Crippen LogP contribution in [0.5, 0.6) is 0 Å². The maximum Gasteiger partial charge on any atom is 0.0715 e. The van der Waals surface area contributed by atoms with Crippen molar-refractivity contribution in [3.8, 4) is 101 Å². The van der Waals surface area contributed by atoms with Crippen molar-refractivity contribution in [3.63, 3.8) is 0 Å². The summed E-state index contributed by atoms with van der Waals surface area (Å²) < 4.78 is 14.4. The van der Waals surface area contributed by atoms with Crippen molar-refractivity contribution in [2.75, 3.05) is 0 Å². The molecule has 0 radical (unpaired) electrons. The topological polar surface area (TPSA) is 68.2 Å². The molecule has 0 aliphatic carbocycles. The fraction of sp³-hybridized carbons (Fsp3) is 0. The normalized spacial score (nSPS) is 11.6. The van der Waals surface area contributed by atoms with Crippen LogP contribution in [0, 0.1) is 0 Å². The number of pyridine rings is 3. The summed E-state index contributed by atoms with van der Waals surface area (Å²) in [6.45, 7) is 0. The fourth-order valence-electron chi connectivity index (χ4n) is 20.5. The number of rotatable bonds is 12. The van der Waals surface area contributed by atoms with Gasteiger partial charge in [0.1, 0.15) is 0 Å². The van der Waals surface area contributed by atoms with Crippen LogP contribution >= 0.6 is 0 Å². The molecule has 9 heterocycles. The van der Waals surface area contributed by atoms with Gasteiger partial charge in [0.2, 0.25) is 0 Å². The van der Waals surface area contributed by atoms with Crippen LogP contribution in [0.25, 0.3) is 232 Å². The van der Waals surface area contributed by atoms with E-state index >= 15 is 0 Å². The molecular formula is C123H81N9. The monoisotopic (exact) mass is 1680 g/mol.